The Hall–Kier alpha value is -1.64. The fraction of sp³-hybridized carbons (Fsp3) is 0.438. The Kier molecular flexibility index (Phi) is 26.2. The van der Waals surface area contributed by atoms with Crippen LogP contribution in [0.2, 0.25) is 0 Å². The van der Waals surface area contributed by atoms with Gasteiger partial charge in [-0.15, -0.1) is 12.3 Å². The third kappa shape index (κ3) is 18.3. The van der Waals surface area contributed by atoms with Crippen LogP contribution in [0.4, 0.5) is 15.3 Å². The standard InChI is InChI=1S/C32H37IN2O13.H2O.Tb.Y/c1-2-3-9-43-11-12-44-10-8-34-29(38)24-14-21(5-7-26(24)47-28-16-23(37)15-27(48-28)30(39)40)18-46-32(42)35-25-6-4-20(17-36)13-22(25)19-45-31(33)41;;;/h1,4-7,13-14,23,27-28,36-37H,3,8-12,15-19H2,(H,34,38)(H,35,42)(H,39,40);1H2;;. The molecule has 7 N–H and O–H groups in total. The Morgan fingerprint density at radius 1 is 0.980 bits per heavy atom. The van der Waals surface area contributed by atoms with Crippen molar-refractivity contribution in [1.29, 1.82) is 0 Å². The van der Waals surface area contributed by atoms with Gasteiger partial charge in [0, 0.05) is 103 Å². The van der Waals surface area contributed by atoms with Crippen molar-refractivity contribution in [2.75, 3.05) is 38.3 Å². The van der Waals surface area contributed by atoms with Crippen molar-refractivity contribution in [2.24, 2.45) is 0 Å². The number of rotatable bonds is 18. The predicted molar refractivity (Wildman–Crippen MR) is 180 cm³/mol. The molecule has 19 heteroatoms. The Morgan fingerprint density at radius 2 is 1.69 bits per heavy atom. The fourth-order valence-corrected chi connectivity index (χ4v) is 4.54. The third-order valence-electron chi connectivity index (χ3n) is 6.68. The van der Waals surface area contributed by atoms with Crippen LogP contribution in [0.25, 0.3) is 0 Å². The van der Waals surface area contributed by atoms with E-state index in [1.54, 1.807) is 12.1 Å². The molecule has 3 unspecified atom stereocenters. The average Bonchev–Trinajstić information content (AvgIpc) is 3.06. The molecule has 1 heterocycles. The first kappa shape index (κ1) is 49.4. The van der Waals surface area contributed by atoms with Crippen LogP contribution >= 0.6 is 22.6 Å². The smallest absolute Gasteiger partial charge is 0.411 e. The van der Waals surface area contributed by atoms with Gasteiger partial charge in [0.15, 0.2) is 6.10 Å². The summed E-state index contributed by atoms with van der Waals surface area (Å²) in [6, 6.07) is 9.12. The van der Waals surface area contributed by atoms with Crippen molar-refractivity contribution in [3.63, 3.8) is 0 Å². The van der Waals surface area contributed by atoms with Crippen LogP contribution in [-0.4, -0.2) is 94.2 Å². The maximum Gasteiger partial charge on any atom is 0.411 e. The molecule has 3 rings (SSSR count). The minimum absolute atomic E-state index is 0. The molecular weight excluding hydrogens is 1010 g/mol. The Labute approximate surface area is 364 Å². The van der Waals surface area contributed by atoms with Crippen molar-refractivity contribution in [3.05, 3.63) is 58.7 Å². The molecule has 0 saturated carbocycles. The molecule has 1 aliphatic rings. The topological polar surface area (TPSA) is 240 Å². The van der Waals surface area contributed by atoms with Gasteiger partial charge < -0.3 is 54.5 Å². The number of terminal acetylenes is 1. The van der Waals surface area contributed by atoms with Gasteiger partial charge in [0.2, 0.25) is 6.29 Å². The zero-order valence-corrected chi connectivity index (χ0v) is 34.4. The van der Waals surface area contributed by atoms with E-state index in [2.05, 4.69) is 16.6 Å². The van der Waals surface area contributed by atoms with E-state index in [9.17, 15) is 34.5 Å². The zero-order valence-electron chi connectivity index (χ0n) is 27.3. The molecule has 2 aromatic rings. The van der Waals surface area contributed by atoms with Crippen molar-refractivity contribution in [3.8, 4) is 18.1 Å². The van der Waals surface area contributed by atoms with E-state index in [-0.39, 0.29) is 134 Å². The number of benzene rings is 2. The quantitative estimate of drug-likeness (QED) is 0.0625. The number of aliphatic carboxylic acids is 1. The summed E-state index contributed by atoms with van der Waals surface area (Å²) in [5, 5.41) is 34.2. The van der Waals surface area contributed by atoms with E-state index in [1.807, 2.05) is 0 Å². The first-order valence-electron chi connectivity index (χ1n) is 14.8. The Balaban J connectivity index is 0.00000833. The second-order valence-corrected chi connectivity index (χ2v) is 11.2. The van der Waals surface area contributed by atoms with E-state index < -0.39 is 40.4 Å². The zero-order chi connectivity index (χ0) is 34.9. The van der Waals surface area contributed by atoms with Crippen molar-refractivity contribution in [1.82, 2.24) is 5.32 Å². The molecule has 1 aliphatic heterocycles. The summed E-state index contributed by atoms with van der Waals surface area (Å²) in [4.78, 5) is 48.7. The van der Waals surface area contributed by atoms with Crippen LogP contribution in [-0.2, 0) is 81.0 Å². The van der Waals surface area contributed by atoms with Gasteiger partial charge in [0.1, 0.15) is 19.0 Å². The van der Waals surface area contributed by atoms with Gasteiger partial charge in [0.05, 0.1) is 73.0 Å². The number of carboxylic acids is 1. The number of aliphatic hydroxyl groups is 2. The van der Waals surface area contributed by atoms with Crippen LogP contribution < -0.4 is 15.4 Å². The van der Waals surface area contributed by atoms with Gasteiger partial charge in [-0.05, 0) is 35.4 Å². The number of nitrogens with one attached hydrogen (secondary N) is 2. The molecule has 3 atom stereocenters. The fourth-order valence-electron chi connectivity index (χ4n) is 4.38. The van der Waals surface area contributed by atoms with Gasteiger partial charge in [-0.1, -0.05) is 12.1 Å². The van der Waals surface area contributed by atoms with Crippen LogP contribution in [0.15, 0.2) is 36.4 Å². The van der Waals surface area contributed by atoms with Crippen molar-refractivity contribution >= 4 is 50.2 Å². The second kappa shape index (κ2) is 27.0. The van der Waals surface area contributed by atoms with Gasteiger partial charge >= 0.3 is 16.0 Å². The molecule has 51 heavy (non-hydrogen) atoms. The Morgan fingerprint density at radius 3 is 2.35 bits per heavy atom. The summed E-state index contributed by atoms with van der Waals surface area (Å²) in [5.41, 5.74) is 1.72. The summed E-state index contributed by atoms with van der Waals surface area (Å²) in [5.74, 6) is 0.699. The third-order valence-corrected chi connectivity index (χ3v) is 7.00. The molecule has 2 amide bonds. The first-order valence-corrected chi connectivity index (χ1v) is 15.9. The molecule has 0 bridgehead atoms. The summed E-state index contributed by atoms with van der Waals surface area (Å²) in [6.07, 6.45) is 1.27. The number of carbonyl (C=O) groups excluding carboxylic acids is 3. The maximum absolute atomic E-state index is 13.2. The number of carboxylic acid groups (broad SMARTS) is 1. The number of hydrogen-bond donors (Lipinski definition) is 5. The van der Waals surface area contributed by atoms with E-state index in [0.29, 0.717) is 48.6 Å². The number of aliphatic hydroxyl groups excluding tert-OH is 2. The number of ether oxygens (including phenoxy) is 6. The minimum Gasteiger partial charge on any atom is -0.479 e. The van der Waals surface area contributed by atoms with E-state index in [1.165, 1.54) is 46.9 Å². The molecule has 1 fully saturated rings. The molecule has 16 nitrogen and oxygen atoms in total. The predicted octanol–water partition coefficient (Wildman–Crippen LogP) is 2.29. The van der Waals surface area contributed by atoms with E-state index >= 15 is 0 Å². The van der Waals surface area contributed by atoms with Crippen LogP contribution in [0.5, 0.6) is 5.75 Å². The van der Waals surface area contributed by atoms with Crippen LogP contribution in [0, 0.1) is 51.0 Å². The molecule has 1 saturated heterocycles. The van der Waals surface area contributed by atoms with Gasteiger partial charge in [-0.25, -0.2) is 14.4 Å². The van der Waals surface area contributed by atoms with Crippen molar-refractivity contribution < 1.29 is 140 Å². The normalized spacial score (nSPS) is 16.1. The summed E-state index contributed by atoms with van der Waals surface area (Å²) in [7, 11) is 0. The van der Waals surface area contributed by atoms with Crippen molar-refractivity contribution in [2.45, 2.75) is 57.6 Å². The number of halogens is 1. The second-order valence-electron chi connectivity index (χ2n) is 10.3. The molecule has 280 valence electrons. The van der Waals surface area contributed by atoms with E-state index in [0.717, 1.165) is 0 Å². The first-order chi connectivity index (χ1) is 23.1. The molecule has 0 aromatic heterocycles. The molecule has 2 aromatic carbocycles. The molecule has 0 aliphatic carbocycles. The van der Waals surface area contributed by atoms with Crippen LogP contribution in [0.3, 0.4) is 0 Å². The van der Waals surface area contributed by atoms with E-state index in [4.69, 9.17) is 34.8 Å². The van der Waals surface area contributed by atoms with Gasteiger partial charge in [-0.2, -0.15) is 0 Å². The van der Waals surface area contributed by atoms with Gasteiger partial charge in [-0.3, -0.25) is 10.1 Å². The summed E-state index contributed by atoms with van der Waals surface area (Å²) in [6.45, 7) is 0.712. The average molecular weight is 1050 g/mol. The SMILES string of the molecule is C#CCCOCCOCCNC(=O)c1cc(COC(=O)Nc2ccc(CO)cc2COC(=O)I)ccc1OC1CC(O)CC(C(=O)O)O1.O.[Tb].[Y]. The molecular formula is C32H39IN2O14TbY. The maximum atomic E-state index is 13.2. The largest absolute Gasteiger partial charge is 0.479 e. The van der Waals surface area contributed by atoms with Crippen LogP contribution in [0.1, 0.15) is 46.3 Å². The number of carbonyl (C=O) groups is 4. The minimum atomic E-state index is -1.29. The number of hydrogen-bond acceptors (Lipinski definition) is 12. The van der Waals surface area contributed by atoms with Gasteiger partial charge in [0.25, 0.3) is 5.91 Å². The number of amides is 2. The number of anilines is 1. The monoisotopic (exact) mass is 1050 g/mol. The summed E-state index contributed by atoms with van der Waals surface area (Å²) < 4.78 is 31.9. The molecule has 2 radical (unpaired) electrons. The summed E-state index contributed by atoms with van der Waals surface area (Å²) >= 11 is 1.47. The molecule has 0 spiro atoms. The Bertz CT molecular complexity index is 1460.